The zero-order valence-corrected chi connectivity index (χ0v) is 21.2. The van der Waals surface area contributed by atoms with E-state index >= 15 is 0 Å². The summed E-state index contributed by atoms with van der Waals surface area (Å²) >= 11 is 0. The normalized spacial score (nSPS) is 17.1. The molecule has 3 aromatic rings. The van der Waals surface area contributed by atoms with Crippen LogP contribution in [0.1, 0.15) is 52.7 Å². The highest BCUT2D eigenvalue weighted by Crippen LogP contribution is 2.28. The van der Waals surface area contributed by atoms with Crippen molar-refractivity contribution >= 4 is 5.78 Å². The Morgan fingerprint density at radius 3 is 2.46 bits per heavy atom. The van der Waals surface area contributed by atoms with Crippen LogP contribution < -0.4 is 4.74 Å². The lowest BCUT2D eigenvalue weighted by molar-refractivity contribution is 0.0961. The van der Waals surface area contributed by atoms with E-state index in [0.717, 1.165) is 66.9 Å². The van der Waals surface area contributed by atoms with Crippen LogP contribution in [0.4, 0.5) is 8.78 Å². The second-order valence-electron chi connectivity index (χ2n) is 10.3. The van der Waals surface area contributed by atoms with Crippen LogP contribution in [0.15, 0.2) is 66.7 Å². The number of benzene rings is 3. The van der Waals surface area contributed by atoms with Gasteiger partial charge in [0.1, 0.15) is 24.0 Å². The van der Waals surface area contributed by atoms with Crippen LogP contribution in [0.25, 0.3) is 0 Å². The van der Waals surface area contributed by atoms with E-state index in [2.05, 4.69) is 9.80 Å². The van der Waals surface area contributed by atoms with E-state index in [-0.39, 0.29) is 17.4 Å². The zero-order valence-electron chi connectivity index (χ0n) is 21.2. The molecular formula is C31H34F2N2O2. The molecule has 0 bridgehead atoms. The second kappa shape index (κ2) is 12.0. The summed E-state index contributed by atoms with van der Waals surface area (Å²) in [5.74, 6) is 1.16. The van der Waals surface area contributed by atoms with Gasteiger partial charge in [-0.1, -0.05) is 30.3 Å². The lowest BCUT2D eigenvalue weighted by Crippen LogP contribution is -2.33. The van der Waals surface area contributed by atoms with Crippen LogP contribution >= 0.6 is 0 Å². The molecule has 4 nitrogen and oxygen atoms in total. The predicted octanol–water partition coefficient (Wildman–Crippen LogP) is 6.23. The van der Waals surface area contributed by atoms with Gasteiger partial charge in [0.25, 0.3) is 0 Å². The van der Waals surface area contributed by atoms with Crippen LogP contribution in [0, 0.1) is 17.6 Å². The number of ketones is 1. The van der Waals surface area contributed by atoms with Crippen molar-refractivity contribution in [1.82, 2.24) is 9.80 Å². The fourth-order valence-corrected chi connectivity index (χ4v) is 5.39. The Labute approximate surface area is 217 Å². The summed E-state index contributed by atoms with van der Waals surface area (Å²) in [5.41, 5.74) is 3.56. The number of hydrogen-bond donors (Lipinski definition) is 0. The summed E-state index contributed by atoms with van der Waals surface area (Å²) in [6.07, 6.45) is 3.50. The number of nitrogens with zero attached hydrogens (tertiary/aromatic N) is 2. The zero-order chi connectivity index (χ0) is 25.6. The quantitative estimate of drug-likeness (QED) is 0.340. The Bertz CT molecular complexity index is 1210. The number of likely N-dealkylation sites (tertiary alicyclic amines) is 1. The SMILES string of the molecule is O=C(CCC1CCN(Cc2ccccc2F)CC1)c1ccc2c(c1)CN(Cc1ccc(F)cc1)CCO2. The van der Waals surface area contributed by atoms with Crippen molar-refractivity contribution in [3.05, 3.63) is 101 Å². The van der Waals surface area contributed by atoms with Crippen LogP contribution in [0.3, 0.4) is 0 Å². The number of carbonyl (C=O) groups is 1. The molecule has 1 fully saturated rings. The molecule has 3 aromatic carbocycles. The van der Waals surface area contributed by atoms with Crippen LogP contribution in [0.5, 0.6) is 5.75 Å². The predicted molar refractivity (Wildman–Crippen MR) is 140 cm³/mol. The van der Waals surface area contributed by atoms with Crippen molar-refractivity contribution in [1.29, 1.82) is 0 Å². The molecule has 2 aliphatic heterocycles. The lowest BCUT2D eigenvalue weighted by Gasteiger charge is -2.32. The summed E-state index contributed by atoms with van der Waals surface area (Å²) in [4.78, 5) is 17.6. The summed E-state index contributed by atoms with van der Waals surface area (Å²) in [6, 6.07) is 19.4. The van der Waals surface area contributed by atoms with E-state index in [1.54, 1.807) is 6.07 Å². The summed E-state index contributed by atoms with van der Waals surface area (Å²) < 4.78 is 33.2. The maximum atomic E-state index is 14.0. The first-order chi connectivity index (χ1) is 18.0. The van der Waals surface area contributed by atoms with Crippen molar-refractivity contribution in [2.45, 2.75) is 45.3 Å². The number of Topliss-reactive ketones (excluding diaryl/α,β-unsaturated/α-hetero) is 1. The minimum absolute atomic E-state index is 0.139. The van der Waals surface area contributed by atoms with Crippen LogP contribution in [0.2, 0.25) is 0 Å². The molecule has 0 spiro atoms. The number of carbonyl (C=O) groups excluding carboxylic acids is 1. The maximum Gasteiger partial charge on any atom is 0.162 e. The highest BCUT2D eigenvalue weighted by molar-refractivity contribution is 5.96. The molecule has 0 atom stereocenters. The van der Waals surface area contributed by atoms with Crippen LogP contribution in [-0.2, 0) is 19.6 Å². The number of piperidine rings is 1. The van der Waals surface area contributed by atoms with E-state index in [4.69, 9.17) is 4.74 Å². The fraction of sp³-hybridized carbons (Fsp3) is 0.387. The molecule has 0 saturated carbocycles. The van der Waals surface area contributed by atoms with E-state index in [1.807, 2.05) is 42.5 Å². The molecule has 194 valence electrons. The number of halogens is 2. The number of ether oxygens (including phenoxy) is 1. The van der Waals surface area contributed by atoms with Gasteiger partial charge in [0.2, 0.25) is 0 Å². The maximum absolute atomic E-state index is 14.0. The Kier molecular flexibility index (Phi) is 8.27. The molecule has 0 radical (unpaired) electrons. The second-order valence-corrected chi connectivity index (χ2v) is 10.3. The molecule has 6 heteroatoms. The van der Waals surface area contributed by atoms with Gasteiger partial charge in [-0.3, -0.25) is 14.6 Å². The molecule has 2 aliphatic rings. The van der Waals surface area contributed by atoms with Crippen molar-refractivity contribution in [2.24, 2.45) is 5.92 Å². The highest BCUT2D eigenvalue weighted by atomic mass is 19.1. The van der Waals surface area contributed by atoms with Gasteiger partial charge < -0.3 is 4.74 Å². The molecule has 1 saturated heterocycles. The van der Waals surface area contributed by atoms with Gasteiger partial charge in [0.05, 0.1) is 0 Å². The van der Waals surface area contributed by atoms with Gasteiger partial charge in [0, 0.05) is 49.3 Å². The van der Waals surface area contributed by atoms with Gasteiger partial charge in [-0.05, 0) is 80.2 Å². The van der Waals surface area contributed by atoms with Gasteiger partial charge in [-0.25, -0.2) is 8.78 Å². The smallest absolute Gasteiger partial charge is 0.162 e. The van der Waals surface area contributed by atoms with Crippen molar-refractivity contribution in [3.8, 4) is 5.75 Å². The van der Waals surface area contributed by atoms with Crippen molar-refractivity contribution in [2.75, 3.05) is 26.2 Å². The minimum Gasteiger partial charge on any atom is -0.492 e. The third-order valence-corrected chi connectivity index (χ3v) is 7.60. The third kappa shape index (κ3) is 6.82. The molecule has 2 heterocycles. The van der Waals surface area contributed by atoms with Crippen LogP contribution in [-0.4, -0.2) is 41.8 Å². The average Bonchev–Trinajstić information content (AvgIpc) is 3.12. The fourth-order valence-electron chi connectivity index (χ4n) is 5.39. The molecule has 0 aliphatic carbocycles. The van der Waals surface area contributed by atoms with Gasteiger partial charge >= 0.3 is 0 Å². The largest absolute Gasteiger partial charge is 0.492 e. The molecule has 5 rings (SSSR count). The number of hydrogen-bond acceptors (Lipinski definition) is 4. The minimum atomic E-state index is -0.232. The topological polar surface area (TPSA) is 32.8 Å². The third-order valence-electron chi connectivity index (χ3n) is 7.60. The van der Waals surface area contributed by atoms with E-state index in [1.165, 1.54) is 18.2 Å². The Hall–Kier alpha value is -3.09. The van der Waals surface area contributed by atoms with Crippen molar-refractivity contribution in [3.63, 3.8) is 0 Å². The Morgan fingerprint density at radius 2 is 1.68 bits per heavy atom. The summed E-state index contributed by atoms with van der Waals surface area (Å²) in [7, 11) is 0. The first-order valence-corrected chi connectivity index (χ1v) is 13.2. The van der Waals surface area contributed by atoms with Gasteiger partial charge in [-0.15, -0.1) is 0 Å². The van der Waals surface area contributed by atoms with Gasteiger partial charge in [-0.2, -0.15) is 0 Å². The van der Waals surface area contributed by atoms with E-state index in [0.29, 0.717) is 38.6 Å². The monoisotopic (exact) mass is 504 g/mol. The molecule has 0 aromatic heterocycles. The Morgan fingerprint density at radius 1 is 0.892 bits per heavy atom. The lowest BCUT2D eigenvalue weighted by atomic mass is 9.90. The van der Waals surface area contributed by atoms with Gasteiger partial charge in [0.15, 0.2) is 5.78 Å². The first kappa shape index (κ1) is 25.6. The van der Waals surface area contributed by atoms with E-state index < -0.39 is 0 Å². The molecular weight excluding hydrogens is 470 g/mol. The number of fused-ring (bicyclic) bond motifs is 1. The average molecular weight is 505 g/mol. The molecule has 0 N–H and O–H groups in total. The molecule has 37 heavy (non-hydrogen) atoms. The highest BCUT2D eigenvalue weighted by Gasteiger charge is 2.22. The first-order valence-electron chi connectivity index (χ1n) is 13.2. The molecule has 0 amide bonds. The standard InChI is InChI=1S/C31H34F2N2O2/c32-28-9-5-24(6-10-28)20-35-17-18-37-31-12-8-25(19-27(31)22-35)30(36)11-7-23-13-15-34(16-14-23)21-26-3-1-2-4-29(26)33/h1-6,8-10,12,19,23H,7,11,13-18,20-22H2. The van der Waals surface area contributed by atoms with Crippen molar-refractivity contribution < 1.29 is 18.3 Å². The van der Waals surface area contributed by atoms with E-state index in [9.17, 15) is 13.6 Å². The Balaban J connectivity index is 1.12. The number of rotatable bonds is 8. The summed E-state index contributed by atoms with van der Waals surface area (Å²) in [5, 5.41) is 0. The molecule has 0 unspecified atom stereocenters. The summed E-state index contributed by atoms with van der Waals surface area (Å²) in [6.45, 7) is 5.27.